The van der Waals surface area contributed by atoms with E-state index in [4.69, 9.17) is 5.11 Å². The molecule has 16 heavy (non-hydrogen) atoms. The maximum absolute atomic E-state index is 8.20. The fourth-order valence-electron chi connectivity index (χ4n) is 0.968. The van der Waals surface area contributed by atoms with Crippen LogP contribution in [0.1, 0.15) is 11.1 Å². The van der Waals surface area contributed by atoms with Crippen LogP contribution in [0, 0.1) is 0 Å². The number of rotatable bonds is 4. The van der Waals surface area contributed by atoms with E-state index in [1.165, 1.54) is 0 Å². The average Bonchev–Trinajstić information content (AvgIpc) is 2.30. The number of hydrogen-bond acceptors (Lipinski definition) is 2. The van der Waals surface area contributed by atoms with Crippen LogP contribution in [-0.4, -0.2) is 37.3 Å². The summed E-state index contributed by atoms with van der Waals surface area (Å²) in [6.45, 7) is 8.34. The molecule has 2 nitrogen and oxygen atoms in total. The third-order valence-electron chi connectivity index (χ3n) is 1.96. The molecule has 0 aromatic heterocycles. The second kappa shape index (κ2) is 8.89. The summed E-state index contributed by atoms with van der Waals surface area (Å²) in [5.41, 5.74) is 2.29. The van der Waals surface area contributed by atoms with E-state index in [0.717, 1.165) is 17.7 Å². The minimum absolute atomic E-state index is 0.257. The second-order valence-corrected chi connectivity index (χ2v) is 3.60. The van der Waals surface area contributed by atoms with Crippen LogP contribution in [0.2, 0.25) is 0 Å². The molecule has 0 aliphatic heterocycles. The monoisotopic (exact) mass is 219 g/mol. The van der Waals surface area contributed by atoms with E-state index in [0.29, 0.717) is 0 Å². The van der Waals surface area contributed by atoms with Gasteiger partial charge in [0.25, 0.3) is 0 Å². The van der Waals surface area contributed by atoms with Crippen molar-refractivity contribution in [2.45, 2.75) is 0 Å². The first-order valence-electron chi connectivity index (χ1n) is 5.24. The molecule has 88 valence electrons. The van der Waals surface area contributed by atoms with Crippen molar-refractivity contribution in [1.82, 2.24) is 4.90 Å². The van der Waals surface area contributed by atoms with Crippen LogP contribution in [0.3, 0.4) is 0 Å². The van der Waals surface area contributed by atoms with Gasteiger partial charge in [0.15, 0.2) is 0 Å². The normalized spacial score (nSPS) is 9.25. The fourth-order valence-corrected chi connectivity index (χ4v) is 0.968. The third-order valence-corrected chi connectivity index (χ3v) is 1.96. The molecule has 2 heteroatoms. The maximum Gasteiger partial charge on any atom is 0.0558 e. The van der Waals surface area contributed by atoms with E-state index in [2.05, 4.69) is 13.2 Å². The van der Waals surface area contributed by atoms with Crippen molar-refractivity contribution in [1.29, 1.82) is 0 Å². The summed E-state index contributed by atoms with van der Waals surface area (Å²) < 4.78 is 0. The van der Waals surface area contributed by atoms with E-state index in [1.54, 1.807) is 0 Å². The first kappa shape index (κ1) is 14.6. The largest absolute Gasteiger partial charge is 0.395 e. The number of benzene rings is 1. The summed E-state index contributed by atoms with van der Waals surface area (Å²) in [7, 11) is 3.85. The molecule has 0 saturated carbocycles. The van der Waals surface area contributed by atoms with Gasteiger partial charge in [-0.15, -0.1) is 0 Å². The zero-order valence-corrected chi connectivity index (χ0v) is 10.2. The predicted molar refractivity (Wildman–Crippen MR) is 72.3 cm³/mol. The van der Waals surface area contributed by atoms with Gasteiger partial charge in [-0.1, -0.05) is 49.6 Å². The Kier molecular flexibility index (Phi) is 8.12. The maximum atomic E-state index is 8.20. The molecule has 0 unspecified atom stereocenters. The molecule has 0 fully saturated rings. The molecule has 1 rings (SSSR count). The Hall–Kier alpha value is -1.38. The Morgan fingerprint density at radius 1 is 1.06 bits per heavy atom. The number of likely N-dealkylation sites (N-methyl/N-ethyl adjacent to an activating group) is 1. The molecule has 0 bridgehead atoms. The van der Waals surface area contributed by atoms with Gasteiger partial charge in [-0.05, 0) is 25.2 Å². The van der Waals surface area contributed by atoms with Crippen LogP contribution in [0.5, 0.6) is 0 Å². The molecular weight excluding hydrogens is 198 g/mol. The van der Waals surface area contributed by atoms with Gasteiger partial charge >= 0.3 is 0 Å². The topological polar surface area (TPSA) is 23.5 Å². The number of hydrogen-bond donors (Lipinski definition) is 1. The van der Waals surface area contributed by atoms with Gasteiger partial charge in [0.2, 0.25) is 0 Å². The lowest BCUT2D eigenvalue weighted by Crippen LogP contribution is -2.15. The van der Waals surface area contributed by atoms with Crippen molar-refractivity contribution in [2.24, 2.45) is 0 Å². The Bertz CT molecular complexity index is 274. The minimum atomic E-state index is 0.257. The zero-order chi connectivity index (χ0) is 12.4. The van der Waals surface area contributed by atoms with Crippen molar-refractivity contribution in [3.8, 4) is 0 Å². The highest BCUT2D eigenvalue weighted by molar-refractivity contribution is 5.53. The van der Waals surface area contributed by atoms with Gasteiger partial charge in [0.05, 0.1) is 6.61 Å². The second-order valence-electron chi connectivity index (χ2n) is 3.60. The molecular formula is C14H21NO. The average molecular weight is 219 g/mol. The Balaban J connectivity index is 0.000000325. The van der Waals surface area contributed by atoms with Gasteiger partial charge in [-0.25, -0.2) is 0 Å². The molecule has 1 aromatic carbocycles. The van der Waals surface area contributed by atoms with Crippen LogP contribution >= 0.6 is 0 Å². The highest BCUT2D eigenvalue weighted by Gasteiger charge is 1.84. The van der Waals surface area contributed by atoms with Crippen LogP contribution in [-0.2, 0) is 0 Å². The van der Waals surface area contributed by atoms with Crippen molar-refractivity contribution in [3.63, 3.8) is 0 Å². The summed E-state index contributed by atoms with van der Waals surface area (Å²) in [4.78, 5) is 1.93. The first-order valence-corrected chi connectivity index (χ1v) is 5.24. The SMILES string of the molecule is C=Cc1ccc(C=C)cc1.CN(C)CCO. The molecule has 0 amide bonds. The number of aliphatic hydroxyl groups excluding tert-OH is 1. The molecule has 0 spiro atoms. The molecule has 0 aliphatic carbocycles. The summed E-state index contributed by atoms with van der Waals surface area (Å²) in [5.74, 6) is 0. The molecule has 0 atom stereocenters. The van der Waals surface area contributed by atoms with Gasteiger partial charge in [0.1, 0.15) is 0 Å². The lowest BCUT2D eigenvalue weighted by Gasteiger charge is -2.03. The predicted octanol–water partition coefficient (Wildman–Crippen LogP) is 2.51. The van der Waals surface area contributed by atoms with Crippen molar-refractivity contribution < 1.29 is 5.11 Å². The number of nitrogens with zero attached hydrogens (tertiary/aromatic N) is 1. The van der Waals surface area contributed by atoms with Crippen LogP contribution < -0.4 is 0 Å². The summed E-state index contributed by atoms with van der Waals surface area (Å²) in [6.07, 6.45) is 3.65. The van der Waals surface area contributed by atoms with Crippen LogP contribution in [0.25, 0.3) is 12.2 Å². The summed E-state index contributed by atoms with van der Waals surface area (Å²) in [5, 5.41) is 8.20. The highest BCUT2D eigenvalue weighted by atomic mass is 16.3. The lowest BCUT2D eigenvalue weighted by atomic mass is 10.1. The smallest absolute Gasteiger partial charge is 0.0558 e. The summed E-state index contributed by atoms with van der Waals surface area (Å²) in [6, 6.07) is 8.07. The molecule has 1 N–H and O–H groups in total. The van der Waals surface area contributed by atoms with E-state index in [1.807, 2.05) is 55.4 Å². The van der Waals surface area contributed by atoms with E-state index < -0.39 is 0 Å². The Morgan fingerprint density at radius 2 is 1.44 bits per heavy atom. The Labute approximate surface area is 98.5 Å². The standard InChI is InChI=1S/C10H10.C4H11NO/c1-3-9-5-7-10(4-2)8-6-9;1-5(2)3-4-6/h3-8H,1-2H2;6H,3-4H2,1-2H3. The van der Waals surface area contributed by atoms with Crippen molar-refractivity contribution >= 4 is 12.2 Å². The van der Waals surface area contributed by atoms with E-state index in [9.17, 15) is 0 Å². The van der Waals surface area contributed by atoms with Gasteiger partial charge in [0, 0.05) is 6.54 Å². The fraction of sp³-hybridized carbons (Fsp3) is 0.286. The van der Waals surface area contributed by atoms with Crippen LogP contribution in [0.4, 0.5) is 0 Å². The molecule has 0 radical (unpaired) electrons. The van der Waals surface area contributed by atoms with E-state index >= 15 is 0 Å². The Morgan fingerprint density at radius 3 is 1.56 bits per heavy atom. The molecule has 1 aromatic rings. The highest BCUT2D eigenvalue weighted by Crippen LogP contribution is 2.05. The van der Waals surface area contributed by atoms with Gasteiger partial charge < -0.3 is 10.0 Å². The zero-order valence-electron chi connectivity index (χ0n) is 10.2. The lowest BCUT2D eigenvalue weighted by molar-refractivity contribution is 0.243. The van der Waals surface area contributed by atoms with Crippen molar-refractivity contribution in [3.05, 3.63) is 48.6 Å². The van der Waals surface area contributed by atoms with Gasteiger partial charge in [-0.3, -0.25) is 0 Å². The number of aliphatic hydroxyl groups is 1. The molecule has 0 heterocycles. The van der Waals surface area contributed by atoms with Crippen molar-refractivity contribution in [2.75, 3.05) is 27.2 Å². The van der Waals surface area contributed by atoms with E-state index in [-0.39, 0.29) is 6.61 Å². The minimum Gasteiger partial charge on any atom is -0.395 e. The molecule has 0 aliphatic rings. The van der Waals surface area contributed by atoms with Gasteiger partial charge in [-0.2, -0.15) is 0 Å². The summed E-state index contributed by atoms with van der Waals surface area (Å²) >= 11 is 0. The van der Waals surface area contributed by atoms with Crippen LogP contribution in [0.15, 0.2) is 37.4 Å². The molecule has 0 saturated heterocycles. The third kappa shape index (κ3) is 6.98. The first-order chi connectivity index (χ1) is 7.63. The quantitative estimate of drug-likeness (QED) is 0.841.